The van der Waals surface area contributed by atoms with Crippen molar-refractivity contribution in [1.29, 1.82) is 0 Å². The van der Waals surface area contributed by atoms with E-state index in [1.165, 1.54) is 88.5 Å². The van der Waals surface area contributed by atoms with Crippen molar-refractivity contribution in [2.45, 2.75) is 105 Å². The van der Waals surface area contributed by atoms with Crippen molar-refractivity contribution in [3.63, 3.8) is 0 Å². The first-order valence-electron chi connectivity index (χ1n) is 13.9. The van der Waals surface area contributed by atoms with E-state index in [0.717, 1.165) is 17.5 Å². The standard InChI is InChI=1S/C30H50N2O/c1-7-10-25(13-11-23(4)8-2)20-32-21-30(22-32)17-15-26(16-18-30)27-14-12-24(5)28(19-27)31(6)29(33)9-3/h12,14,19,23,25-26H,7-11,13,15-18,20-22H2,1-6H3. The van der Waals surface area contributed by atoms with Gasteiger partial charge in [-0.2, -0.15) is 0 Å². The highest BCUT2D eigenvalue weighted by Gasteiger charge is 2.45. The van der Waals surface area contributed by atoms with Crippen LogP contribution in [0.4, 0.5) is 5.69 Å². The van der Waals surface area contributed by atoms with Crippen LogP contribution in [0.5, 0.6) is 0 Å². The van der Waals surface area contributed by atoms with Crippen molar-refractivity contribution in [2.24, 2.45) is 17.3 Å². The zero-order chi connectivity index (χ0) is 24.0. The smallest absolute Gasteiger partial charge is 0.226 e. The van der Waals surface area contributed by atoms with E-state index in [1.54, 1.807) is 0 Å². The molecular formula is C30H50N2O. The van der Waals surface area contributed by atoms with Gasteiger partial charge in [-0.05, 0) is 85.8 Å². The number of carbonyl (C=O) groups is 1. The lowest BCUT2D eigenvalue weighted by Gasteiger charge is -2.54. The summed E-state index contributed by atoms with van der Waals surface area (Å²) in [6.07, 6.45) is 12.7. The zero-order valence-electron chi connectivity index (χ0n) is 22.5. The maximum absolute atomic E-state index is 12.2. The van der Waals surface area contributed by atoms with Crippen molar-refractivity contribution in [1.82, 2.24) is 4.90 Å². The van der Waals surface area contributed by atoms with Gasteiger partial charge in [0.15, 0.2) is 0 Å². The van der Waals surface area contributed by atoms with Gasteiger partial charge in [-0.25, -0.2) is 0 Å². The third-order valence-electron chi connectivity index (χ3n) is 8.88. The minimum Gasteiger partial charge on any atom is -0.315 e. The molecule has 2 atom stereocenters. The third-order valence-corrected chi connectivity index (χ3v) is 8.88. The second kappa shape index (κ2) is 11.9. The lowest BCUT2D eigenvalue weighted by molar-refractivity contribution is -0.118. The molecule has 3 nitrogen and oxygen atoms in total. The average Bonchev–Trinajstić information content (AvgIpc) is 2.81. The summed E-state index contributed by atoms with van der Waals surface area (Å²) in [6, 6.07) is 6.82. The van der Waals surface area contributed by atoms with Crippen LogP contribution >= 0.6 is 0 Å². The summed E-state index contributed by atoms with van der Waals surface area (Å²) in [5.41, 5.74) is 4.31. The third kappa shape index (κ3) is 6.62. The molecule has 0 aromatic heterocycles. The van der Waals surface area contributed by atoms with Crippen LogP contribution in [-0.2, 0) is 4.79 Å². The van der Waals surface area contributed by atoms with Crippen molar-refractivity contribution in [3.8, 4) is 0 Å². The lowest BCUT2D eigenvalue weighted by atomic mass is 9.64. The Labute approximate surface area is 204 Å². The molecule has 1 heterocycles. The van der Waals surface area contributed by atoms with Crippen LogP contribution in [0.25, 0.3) is 0 Å². The fourth-order valence-electron chi connectivity index (χ4n) is 6.35. The van der Waals surface area contributed by atoms with Gasteiger partial charge >= 0.3 is 0 Å². The molecule has 0 radical (unpaired) electrons. The topological polar surface area (TPSA) is 23.6 Å². The number of carbonyl (C=O) groups excluding carboxylic acids is 1. The second-order valence-electron chi connectivity index (χ2n) is 11.5. The van der Waals surface area contributed by atoms with E-state index in [1.807, 2.05) is 18.9 Å². The SMILES string of the molecule is CCCC(CCC(C)CC)CN1CC2(CCC(c3ccc(C)c(N(C)C(=O)CC)c3)CC2)C1. The van der Waals surface area contributed by atoms with Crippen LogP contribution in [0.1, 0.15) is 109 Å². The van der Waals surface area contributed by atoms with E-state index in [2.05, 4.69) is 50.8 Å². The summed E-state index contributed by atoms with van der Waals surface area (Å²) >= 11 is 0. The largest absolute Gasteiger partial charge is 0.315 e. The summed E-state index contributed by atoms with van der Waals surface area (Å²) in [5, 5.41) is 0. The molecule has 3 heteroatoms. The van der Waals surface area contributed by atoms with E-state index in [9.17, 15) is 4.79 Å². The summed E-state index contributed by atoms with van der Waals surface area (Å²) in [4.78, 5) is 16.9. The molecule has 0 N–H and O–H groups in total. The van der Waals surface area contributed by atoms with E-state index < -0.39 is 0 Å². The molecular weight excluding hydrogens is 404 g/mol. The van der Waals surface area contributed by atoms with Crippen LogP contribution in [-0.4, -0.2) is 37.5 Å². The number of anilines is 1. The van der Waals surface area contributed by atoms with Gasteiger partial charge in [-0.15, -0.1) is 0 Å². The Bertz CT molecular complexity index is 757. The van der Waals surface area contributed by atoms with Crippen LogP contribution < -0.4 is 4.90 Å². The van der Waals surface area contributed by atoms with E-state index >= 15 is 0 Å². The van der Waals surface area contributed by atoms with Gasteiger partial charge in [0.1, 0.15) is 0 Å². The first-order chi connectivity index (χ1) is 15.8. The fraction of sp³-hybridized carbons (Fsp3) is 0.767. The highest BCUT2D eigenvalue weighted by molar-refractivity contribution is 5.93. The number of hydrogen-bond donors (Lipinski definition) is 0. The number of aryl methyl sites for hydroxylation is 1. The monoisotopic (exact) mass is 454 g/mol. The summed E-state index contributed by atoms with van der Waals surface area (Å²) in [5.74, 6) is 2.62. The van der Waals surface area contributed by atoms with Crippen molar-refractivity contribution in [2.75, 3.05) is 31.6 Å². The van der Waals surface area contributed by atoms with Gasteiger partial charge in [-0.3, -0.25) is 4.79 Å². The molecule has 1 aliphatic heterocycles. The molecule has 33 heavy (non-hydrogen) atoms. The van der Waals surface area contributed by atoms with E-state index in [-0.39, 0.29) is 5.91 Å². The Morgan fingerprint density at radius 3 is 2.42 bits per heavy atom. The average molecular weight is 455 g/mol. The number of benzene rings is 1. The first kappa shape index (κ1) is 26.3. The van der Waals surface area contributed by atoms with Gasteiger partial charge in [0, 0.05) is 38.8 Å². The minimum absolute atomic E-state index is 0.193. The van der Waals surface area contributed by atoms with Crippen molar-refractivity contribution >= 4 is 11.6 Å². The van der Waals surface area contributed by atoms with Gasteiger partial charge in [-0.1, -0.05) is 59.1 Å². The predicted octanol–water partition coefficient (Wildman–Crippen LogP) is 7.57. The number of nitrogens with zero attached hydrogens (tertiary/aromatic N) is 2. The van der Waals surface area contributed by atoms with Gasteiger partial charge in [0.05, 0.1) is 0 Å². The van der Waals surface area contributed by atoms with Gasteiger partial charge in [0.2, 0.25) is 5.91 Å². The second-order valence-corrected chi connectivity index (χ2v) is 11.5. The molecule has 3 rings (SSSR count). The molecule has 1 aliphatic carbocycles. The highest BCUT2D eigenvalue weighted by atomic mass is 16.2. The first-order valence-corrected chi connectivity index (χ1v) is 13.9. The Hall–Kier alpha value is -1.35. The molecule has 1 aromatic rings. The van der Waals surface area contributed by atoms with Gasteiger partial charge in [0.25, 0.3) is 0 Å². The van der Waals surface area contributed by atoms with E-state index in [4.69, 9.17) is 0 Å². The molecule has 2 fully saturated rings. The van der Waals surface area contributed by atoms with E-state index in [0.29, 0.717) is 17.8 Å². The summed E-state index contributed by atoms with van der Waals surface area (Å²) < 4.78 is 0. The Morgan fingerprint density at radius 2 is 1.82 bits per heavy atom. The molecule has 1 amide bonds. The Kier molecular flexibility index (Phi) is 9.44. The van der Waals surface area contributed by atoms with Crippen LogP contribution in [0.15, 0.2) is 18.2 Å². The lowest BCUT2D eigenvalue weighted by Crippen LogP contribution is -2.58. The summed E-state index contributed by atoms with van der Waals surface area (Å²) in [6.45, 7) is 15.1. The Balaban J connectivity index is 1.51. The molecule has 2 aliphatic rings. The zero-order valence-corrected chi connectivity index (χ0v) is 22.5. The fourth-order valence-corrected chi connectivity index (χ4v) is 6.35. The molecule has 1 saturated heterocycles. The van der Waals surface area contributed by atoms with Gasteiger partial charge < -0.3 is 9.80 Å². The number of rotatable bonds is 11. The minimum atomic E-state index is 0.193. The molecule has 0 bridgehead atoms. The Morgan fingerprint density at radius 1 is 1.12 bits per heavy atom. The van der Waals surface area contributed by atoms with Crippen molar-refractivity contribution in [3.05, 3.63) is 29.3 Å². The molecule has 1 saturated carbocycles. The predicted molar refractivity (Wildman–Crippen MR) is 142 cm³/mol. The normalized spacial score (nSPS) is 20.4. The number of amides is 1. The summed E-state index contributed by atoms with van der Waals surface area (Å²) in [7, 11) is 1.92. The number of likely N-dealkylation sites (tertiary alicyclic amines) is 1. The molecule has 186 valence electrons. The molecule has 1 aromatic carbocycles. The quantitative estimate of drug-likeness (QED) is 0.344. The maximum Gasteiger partial charge on any atom is 0.226 e. The van der Waals surface area contributed by atoms with Crippen molar-refractivity contribution < 1.29 is 4.79 Å². The van der Waals surface area contributed by atoms with Crippen LogP contribution in [0.2, 0.25) is 0 Å². The highest BCUT2D eigenvalue weighted by Crippen LogP contribution is 2.49. The number of hydrogen-bond acceptors (Lipinski definition) is 2. The maximum atomic E-state index is 12.2. The van der Waals surface area contributed by atoms with Crippen LogP contribution in [0.3, 0.4) is 0 Å². The molecule has 2 unspecified atom stereocenters. The molecule has 1 spiro atoms. The van der Waals surface area contributed by atoms with Crippen LogP contribution in [0, 0.1) is 24.2 Å².